The van der Waals surface area contributed by atoms with Crippen LogP contribution in [0.4, 0.5) is 5.69 Å². The molecule has 128 valence electrons. The summed E-state index contributed by atoms with van der Waals surface area (Å²) in [5.41, 5.74) is 2.42. The monoisotopic (exact) mass is 327 g/mol. The van der Waals surface area contributed by atoms with E-state index in [-0.39, 0.29) is 6.10 Å². The zero-order chi connectivity index (χ0) is 16.9. The Hall–Kier alpha value is -2.36. The third-order valence-corrected chi connectivity index (χ3v) is 4.09. The number of hydrogen-bond acceptors (Lipinski definition) is 4. The zero-order valence-corrected chi connectivity index (χ0v) is 14.6. The van der Waals surface area contributed by atoms with Gasteiger partial charge in [-0.05, 0) is 50.1 Å². The van der Waals surface area contributed by atoms with E-state index in [0.29, 0.717) is 0 Å². The summed E-state index contributed by atoms with van der Waals surface area (Å²) in [4.78, 5) is 2.38. The molecule has 4 heteroatoms. The van der Waals surface area contributed by atoms with Crippen molar-refractivity contribution in [3.8, 4) is 17.2 Å². The van der Waals surface area contributed by atoms with Crippen LogP contribution in [0, 0.1) is 0 Å². The molecule has 24 heavy (non-hydrogen) atoms. The lowest BCUT2D eigenvalue weighted by Gasteiger charge is -2.31. The van der Waals surface area contributed by atoms with Gasteiger partial charge in [-0.3, -0.25) is 0 Å². The third-order valence-electron chi connectivity index (χ3n) is 4.09. The van der Waals surface area contributed by atoms with E-state index in [9.17, 15) is 0 Å². The second-order valence-electron chi connectivity index (χ2n) is 6.21. The van der Waals surface area contributed by atoms with Gasteiger partial charge in [-0.2, -0.15) is 0 Å². The Bertz CT molecular complexity index is 684. The largest absolute Gasteiger partial charge is 0.493 e. The molecule has 4 nitrogen and oxygen atoms in total. The molecule has 0 N–H and O–H groups in total. The lowest BCUT2D eigenvalue weighted by atomic mass is 10.1. The number of benzene rings is 2. The summed E-state index contributed by atoms with van der Waals surface area (Å²) in [6.07, 6.45) is 1.08. The predicted octanol–water partition coefficient (Wildman–Crippen LogP) is 3.92. The number of ether oxygens (including phenoxy) is 3. The van der Waals surface area contributed by atoms with Crippen molar-refractivity contribution in [2.45, 2.75) is 26.4 Å². The van der Waals surface area contributed by atoms with Crippen molar-refractivity contribution in [2.75, 3.05) is 31.7 Å². The number of methoxy groups -OCH3 is 1. The highest BCUT2D eigenvalue weighted by molar-refractivity contribution is 5.59. The average molecular weight is 327 g/mol. The predicted molar refractivity (Wildman–Crippen MR) is 96.6 cm³/mol. The fraction of sp³-hybridized carbons (Fsp3) is 0.400. The van der Waals surface area contributed by atoms with Gasteiger partial charge < -0.3 is 19.1 Å². The molecule has 0 bridgehead atoms. The topological polar surface area (TPSA) is 30.9 Å². The number of rotatable bonds is 6. The van der Waals surface area contributed by atoms with E-state index in [2.05, 4.69) is 29.2 Å². The molecule has 1 heterocycles. The van der Waals surface area contributed by atoms with Gasteiger partial charge in [-0.1, -0.05) is 18.2 Å². The fourth-order valence-corrected chi connectivity index (χ4v) is 2.95. The summed E-state index contributed by atoms with van der Waals surface area (Å²) < 4.78 is 17.0. The molecule has 2 aromatic carbocycles. The first-order chi connectivity index (χ1) is 11.7. The van der Waals surface area contributed by atoms with E-state index in [4.69, 9.17) is 14.2 Å². The maximum Gasteiger partial charge on any atom is 0.161 e. The third kappa shape index (κ3) is 3.75. The highest BCUT2D eigenvalue weighted by atomic mass is 16.5. The van der Waals surface area contributed by atoms with Gasteiger partial charge in [0.05, 0.1) is 25.4 Å². The molecule has 0 radical (unpaired) electrons. The first kappa shape index (κ1) is 16.5. The molecule has 0 fully saturated rings. The Labute approximate surface area is 144 Å². The highest BCUT2D eigenvalue weighted by Crippen LogP contribution is 2.32. The summed E-state index contributed by atoms with van der Waals surface area (Å²) in [7, 11) is 1.67. The minimum Gasteiger partial charge on any atom is -0.493 e. The standard InChI is InChI=1S/C20H25NO3/c1-15(2)24-20-14-16(8-9-19(20)22-3)10-11-21-12-13-23-18-7-5-4-6-17(18)21/h4-9,14-15H,10-13H2,1-3H3. The number of fused-ring (bicyclic) bond motifs is 1. The Kier molecular flexibility index (Phi) is 5.14. The lowest BCUT2D eigenvalue weighted by molar-refractivity contribution is 0.230. The quantitative estimate of drug-likeness (QED) is 0.804. The highest BCUT2D eigenvalue weighted by Gasteiger charge is 2.17. The molecular formula is C20H25NO3. The fourth-order valence-electron chi connectivity index (χ4n) is 2.95. The first-order valence-electron chi connectivity index (χ1n) is 8.47. The van der Waals surface area contributed by atoms with Crippen LogP contribution in [0.15, 0.2) is 42.5 Å². The van der Waals surface area contributed by atoms with E-state index < -0.39 is 0 Å². The van der Waals surface area contributed by atoms with Gasteiger partial charge in [-0.25, -0.2) is 0 Å². The van der Waals surface area contributed by atoms with E-state index >= 15 is 0 Å². The molecule has 0 amide bonds. The van der Waals surface area contributed by atoms with Gasteiger partial charge in [-0.15, -0.1) is 0 Å². The smallest absolute Gasteiger partial charge is 0.161 e. The van der Waals surface area contributed by atoms with Crippen molar-refractivity contribution >= 4 is 5.69 Å². The van der Waals surface area contributed by atoms with Crippen molar-refractivity contribution in [2.24, 2.45) is 0 Å². The van der Waals surface area contributed by atoms with E-state index in [1.54, 1.807) is 7.11 Å². The maximum absolute atomic E-state index is 5.87. The number of hydrogen-bond donors (Lipinski definition) is 0. The van der Waals surface area contributed by atoms with Crippen LogP contribution in [0.1, 0.15) is 19.4 Å². The van der Waals surface area contributed by atoms with E-state index in [1.807, 2.05) is 32.0 Å². The molecule has 0 unspecified atom stereocenters. The van der Waals surface area contributed by atoms with Crippen molar-refractivity contribution < 1.29 is 14.2 Å². The number of para-hydroxylation sites is 2. The van der Waals surface area contributed by atoms with Crippen molar-refractivity contribution in [3.63, 3.8) is 0 Å². The number of anilines is 1. The molecule has 0 saturated carbocycles. The van der Waals surface area contributed by atoms with Crippen molar-refractivity contribution in [1.29, 1.82) is 0 Å². The second kappa shape index (κ2) is 7.47. The molecule has 0 aromatic heterocycles. The summed E-state index contributed by atoms with van der Waals surface area (Å²) >= 11 is 0. The van der Waals surface area contributed by atoms with Gasteiger partial charge in [0.25, 0.3) is 0 Å². The van der Waals surface area contributed by atoms with E-state index in [0.717, 1.165) is 43.4 Å². The van der Waals surface area contributed by atoms with Crippen LogP contribution in [-0.4, -0.2) is 32.9 Å². The minimum absolute atomic E-state index is 0.125. The molecule has 0 aliphatic carbocycles. The maximum atomic E-state index is 5.87. The Morgan fingerprint density at radius 2 is 1.96 bits per heavy atom. The summed E-state index contributed by atoms with van der Waals surface area (Å²) in [6.45, 7) is 6.66. The molecule has 0 atom stereocenters. The normalized spacial score (nSPS) is 13.4. The lowest BCUT2D eigenvalue weighted by Crippen LogP contribution is -2.34. The van der Waals surface area contributed by atoms with Crippen LogP contribution < -0.4 is 19.1 Å². The van der Waals surface area contributed by atoms with Crippen LogP contribution >= 0.6 is 0 Å². The summed E-state index contributed by atoms with van der Waals surface area (Å²) in [5.74, 6) is 2.57. The molecule has 0 spiro atoms. The number of nitrogens with zero attached hydrogens (tertiary/aromatic N) is 1. The van der Waals surface area contributed by atoms with Crippen LogP contribution in [0.3, 0.4) is 0 Å². The van der Waals surface area contributed by atoms with Gasteiger partial charge in [0.15, 0.2) is 11.5 Å². The molecular weight excluding hydrogens is 302 g/mol. The molecule has 3 rings (SSSR count). The van der Waals surface area contributed by atoms with Gasteiger partial charge in [0.1, 0.15) is 12.4 Å². The SMILES string of the molecule is COc1ccc(CCN2CCOc3ccccc32)cc1OC(C)C. The average Bonchev–Trinajstić information content (AvgIpc) is 2.59. The van der Waals surface area contributed by atoms with Crippen molar-refractivity contribution in [1.82, 2.24) is 0 Å². The Balaban J connectivity index is 1.71. The van der Waals surface area contributed by atoms with Gasteiger partial charge >= 0.3 is 0 Å². The molecule has 1 aliphatic heterocycles. The Morgan fingerprint density at radius 3 is 2.75 bits per heavy atom. The minimum atomic E-state index is 0.125. The first-order valence-corrected chi connectivity index (χ1v) is 8.47. The van der Waals surface area contributed by atoms with Crippen molar-refractivity contribution in [3.05, 3.63) is 48.0 Å². The summed E-state index contributed by atoms with van der Waals surface area (Å²) in [6, 6.07) is 14.4. The molecule has 0 saturated heterocycles. The van der Waals surface area contributed by atoms with Crippen LogP contribution in [-0.2, 0) is 6.42 Å². The zero-order valence-electron chi connectivity index (χ0n) is 14.6. The molecule has 1 aliphatic rings. The van der Waals surface area contributed by atoms with Gasteiger partial charge in [0, 0.05) is 6.54 Å². The summed E-state index contributed by atoms with van der Waals surface area (Å²) in [5, 5.41) is 0. The second-order valence-corrected chi connectivity index (χ2v) is 6.21. The van der Waals surface area contributed by atoms with Gasteiger partial charge in [0.2, 0.25) is 0 Å². The van der Waals surface area contributed by atoms with E-state index in [1.165, 1.54) is 11.3 Å². The Morgan fingerprint density at radius 1 is 1.12 bits per heavy atom. The molecule has 2 aromatic rings. The van der Waals surface area contributed by atoms with Crippen LogP contribution in [0.5, 0.6) is 17.2 Å². The van der Waals surface area contributed by atoms with Crippen LogP contribution in [0.2, 0.25) is 0 Å². The van der Waals surface area contributed by atoms with Crippen LogP contribution in [0.25, 0.3) is 0 Å².